The standard InChI is InChI=1S/C31H32N6/c1-31(2)16-19-36(20-17-31)21-22-10-12-24(13-11-22)37-29(25-9-6-18-33-28(25)32)35-27-15-14-26(34-30(27)37)23-7-4-3-5-8-23/h3-15,18H,16-17,19-21H2,1-2H3,(H2,32,33). The summed E-state index contributed by atoms with van der Waals surface area (Å²) in [5, 5.41) is 0. The van der Waals surface area contributed by atoms with E-state index in [-0.39, 0.29) is 0 Å². The van der Waals surface area contributed by atoms with Gasteiger partial charge in [0.1, 0.15) is 11.3 Å². The number of rotatable bonds is 5. The number of nitrogens with zero attached hydrogens (tertiary/aromatic N) is 5. The molecule has 2 N–H and O–H groups in total. The average Bonchev–Trinajstić information content (AvgIpc) is 3.29. The van der Waals surface area contributed by atoms with Crippen molar-refractivity contribution in [1.82, 2.24) is 24.4 Å². The third-order valence-corrected chi connectivity index (χ3v) is 7.46. The van der Waals surface area contributed by atoms with Gasteiger partial charge >= 0.3 is 0 Å². The number of nitrogens with two attached hydrogens (primary N) is 1. The molecule has 0 aliphatic carbocycles. The van der Waals surface area contributed by atoms with Crippen LogP contribution in [0.5, 0.6) is 0 Å². The van der Waals surface area contributed by atoms with Gasteiger partial charge in [-0.3, -0.25) is 9.47 Å². The van der Waals surface area contributed by atoms with Crippen molar-refractivity contribution in [2.24, 2.45) is 5.41 Å². The van der Waals surface area contributed by atoms with E-state index in [4.69, 9.17) is 15.7 Å². The van der Waals surface area contributed by atoms with Crippen molar-refractivity contribution in [1.29, 1.82) is 0 Å². The molecule has 37 heavy (non-hydrogen) atoms. The van der Waals surface area contributed by atoms with Crippen LogP contribution in [0.4, 0.5) is 5.82 Å². The Balaban J connectivity index is 1.41. The molecule has 1 aliphatic heterocycles. The lowest BCUT2D eigenvalue weighted by atomic mass is 9.82. The van der Waals surface area contributed by atoms with Gasteiger partial charge in [-0.25, -0.2) is 15.0 Å². The van der Waals surface area contributed by atoms with Gasteiger partial charge in [0.15, 0.2) is 11.5 Å². The summed E-state index contributed by atoms with van der Waals surface area (Å²) in [5.74, 6) is 1.19. The van der Waals surface area contributed by atoms with Crippen molar-refractivity contribution >= 4 is 17.0 Å². The molecule has 1 fully saturated rings. The highest BCUT2D eigenvalue weighted by Gasteiger charge is 2.25. The fourth-order valence-corrected chi connectivity index (χ4v) is 5.08. The summed E-state index contributed by atoms with van der Waals surface area (Å²) < 4.78 is 2.10. The van der Waals surface area contributed by atoms with Crippen LogP contribution < -0.4 is 5.73 Å². The van der Waals surface area contributed by atoms with Crippen LogP contribution in [-0.4, -0.2) is 37.5 Å². The first-order chi connectivity index (χ1) is 18.0. The zero-order valence-corrected chi connectivity index (χ0v) is 21.4. The number of hydrogen-bond donors (Lipinski definition) is 1. The first kappa shape index (κ1) is 23.4. The zero-order chi connectivity index (χ0) is 25.4. The van der Waals surface area contributed by atoms with Crippen molar-refractivity contribution in [2.45, 2.75) is 33.2 Å². The lowest BCUT2D eigenvalue weighted by molar-refractivity contribution is 0.127. The topological polar surface area (TPSA) is 72.9 Å². The number of nitrogen functional groups attached to an aromatic ring is 1. The van der Waals surface area contributed by atoms with Crippen LogP contribution in [0.15, 0.2) is 85.1 Å². The van der Waals surface area contributed by atoms with Gasteiger partial charge in [-0.15, -0.1) is 0 Å². The molecule has 0 spiro atoms. The molecule has 0 bridgehead atoms. The van der Waals surface area contributed by atoms with Crippen LogP contribution in [-0.2, 0) is 6.54 Å². The van der Waals surface area contributed by atoms with Crippen LogP contribution in [0.1, 0.15) is 32.3 Å². The van der Waals surface area contributed by atoms with E-state index in [1.807, 2.05) is 42.5 Å². The lowest BCUT2D eigenvalue weighted by Gasteiger charge is -2.36. The average molecular weight is 489 g/mol. The van der Waals surface area contributed by atoms with Gasteiger partial charge in [0.25, 0.3) is 0 Å². The summed E-state index contributed by atoms with van der Waals surface area (Å²) in [4.78, 5) is 16.9. The Morgan fingerprint density at radius 1 is 0.838 bits per heavy atom. The van der Waals surface area contributed by atoms with Crippen LogP contribution >= 0.6 is 0 Å². The molecule has 2 aromatic carbocycles. The predicted molar refractivity (Wildman–Crippen MR) is 150 cm³/mol. The second-order valence-electron chi connectivity index (χ2n) is 10.7. The summed E-state index contributed by atoms with van der Waals surface area (Å²) in [7, 11) is 0. The van der Waals surface area contributed by atoms with Crippen molar-refractivity contribution < 1.29 is 0 Å². The highest BCUT2D eigenvalue weighted by atomic mass is 15.1. The maximum absolute atomic E-state index is 6.30. The smallest absolute Gasteiger partial charge is 0.165 e. The van der Waals surface area contributed by atoms with Crippen LogP contribution in [0.2, 0.25) is 0 Å². The minimum atomic E-state index is 0.451. The minimum absolute atomic E-state index is 0.451. The fraction of sp³-hybridized carbons (Fsp3) is 0.258. The molecule has 186 valence electrons. The molecule has 6 nitrogen and oxygen atoms in total. The SMILES string of the molecule is CC1(C)CCN(Cc2ccc(-n3c(-c4cccnc4N)nc4ccc(-c5ccccc5)nc43)cc2)CC1. The molecular weight excluding hydrogens is 456 g/mol. The van der Waals surface area contributed by atoms with E-state index in [0.717, 1.165) is 59.1 Å². The molecule has 0 atom stereocenters. The van der Waals surface area contributed by atoms with E-state index in [1.165, 1.54) is 18.4 Å². The monoisotopic (exact) mass is 488 g/mol. The van der Waals surface area contributed by atoms with Crippen molar-refractivity contribution in [3.63, 3.8) is 0 Å². The summed E-state index contributed by atoms with van der Waals surface area (Å²) in [6.07, 6.45) is 4.20. The van der Waals surface area contributed by atoms with Gasteiger partial charge in [0.2, 0.25) is 0 Å². The van der Waals surface area contributed by atoms with Gasteiger partial charge in [-0.1, -0.05) is 56.3 Å². The molecule has 6 rings (SSSR count). The molecule has 3 aromatic heterocycles. The number of likely N-dealkylation sites (tertiary alicyclic amines) is 1. The molecular formula is C31H32N6. The van der Waals surface area contributed by atoms with E-state index in [0.29, 0.717) is 11.2 Å². The zero-order valence-electron chi connectivity index (χ0n) is 21.4. The molecule has 6 heteroatoms. The predicted octanol–water partition coefficient (Wildman–Crippen LogP) is 6.35. The van der Waals surface area contributed by atoms with Gasteiger partial charge in [-0.2, -0.15) is 0 Å². The Kier molecular flexibility index (Phi) is 5.97. The fourth-order valence-electron chi connectivity index (χ4n) is 5.08. The van der Waals surface area contributed by atoms with E-state index in [9.17, 15) is 0 Å². The van der Waals surface area contributed by atoms with Crippen molar-refractivity contribution in [3.05, 3.63) is 90.6 Å². The molecule has 0 saturated carbocycles. The summed E-state index contributed by atoms with van der Waals surface area (Å²) in [6.45, 7) is 8.02. The molecule has 0 radical (unpaired) electrons. The number of fused-ring (bicyclic) bond motifs is 1. The number of pyridine rings is 2. The molecule has 0 amide bonds. The molecule has 1 saturated heterocycles. The van der Waals surface area contributed by atoms with Gasteiger partial charge < -0.3 is 5.73 Å². The number of imidazole rings is 1. The van der Waals surface area contributed by atoms with E-state index in [2.05, 4.69) is 64.7 Å². The van der Waals surface area contributed by atoms with E-state index >= 15 is 0 Å². The van der Waals surface area contributed by atoms with Gasteiger partial charge in [0.05, 0.1) is 11.3 Å². The Hall–Kier alpha value is -4.03. The third-order valence-electron chi connectivity index (χ3n) is 7.46. The number of anilines is 1. The van der Waals surface area contributed by atoms with E-state index < -0.39 is 0 Å². The Morgan fingerprint density at radius 3 is 2.32 bits per heavy atom. The van der Waals surface area contributed by atoms with Crippen molar-refractivity contribution in [2.75, 3.05) is 18.8 Å². The first-order valence-corrected chi connectivity index (χ1v) is 12.9. The number of hydrogen-bond acceptors (Lipinski definition) is 5. The summed E-state index contributed by atoms with van der Waals surface area (Å²) in [5.41, 5.74) is 13.5. The minimum Gasteiger partial charge on any atom is -0.383 e. The van der Waals surface area contributed by atoms with Crippen LogP contribution in [0, 0.1) is 5.41 Å². The summed E-state index contributed by atoms with van der Waals surface area (Å²) in [6, 6.07) is 26.9. The van der Waals surface area contributed by atoms with Gasteiger partial charge in [-0.05, 0) is 73.3 Å². The highest BCUT2D eigenvalue weighted by molar-refractivity contribution is 5.84. The Bertz CT molecular complexity index is 1530. The maximum Gasteiger partial charge on any atom is 0.165 e. The largest absolute Gasteiger partial charge is 0.383 e. The molecule has 0 unspecified atom stereocenters. The van der Waals surface area contributed by atoms with Crippen molar-refractivity contribution in [3.8, 4) is 28.3 Å². The molecule has 4 heterocycles. The second-order valence-corrected chi connectivity index (χ2v) is 10.7. The van der Waals surface area contributed by atoms with Crippen LogP contribution in [0.3, 0.4) is 0 Å². The molecule has 1 aliphatic rings. The normalized spacial score (nSPS) is 15.7. The third kappa shape index (κ3) is 4.72. The number of piperidine rings is 1. The molecule has 5 aromatic rings. The van der Waals surface area contributed by atoms with Gasteiger partial charge in [0, 0.05) is 24.0 Å². The number of benzene rings is 2. The maximum atomic E-state index is 6.30. The summed E-state index contributed by atoms with van der Waals surface area (Å²) >= 11 is 0. The lowest BCUT2D eigenvalue weighted by Crippen LogP contribution is -2.36. The Labute approximate surface area is 217 Å². The Morgan fingerprint density at radius 2 is 1.59 bits per heavy atom. The second kappa shape index (κ2) is 9.45. The quantitative estimate of drug-likeness (QED) is 0.312. The first-order valence-electron chi connectivity index (χ1n) is 12.9. The van der Waals surface area contributed by atoms with Crippen LogP contribution in [0.25, 0.3) is 39.5 Å². The highest BCUT2D eigenvalue weighted by Crippen LogP contribution is 2.33. The van der Waals surface area contributed by atoms with E-state index in [1.54, 1.807) is 6.20 Å². The number of aromatic nitrogens is 4.